The molecule has 1 fully saturated rings. The lowest BCUT2D eigenvalue weighted by molar-refractivity contribution is -0.142. The van der Waals surface area contributed by atoms with E-state index in [0.717, 1.165) is 12.8 Å². The molecule has 0 aliphatic heterocycles. The Hall–Kier alpha value is -0.570. The van der Waals surface area contributed by atoms with Crippen LogP contribution < -0.4 is 0 Å². The third-order valence-corrected chi connectivity index (χ3v) is 4.22. The maximum Gasteiger partial charge on any atom is 0.305 e. The molecule has 0 saturated heterocycles. The number of carboxylic acid groups (broad SMARTS) is 1. The highest BCUT2D eigenvalue weighted by Crippen LogP contribution is 2.43. The fourth-order valence-corrected chi connectivity index (χ4v) is 3.40. The zero-order chi connectivity index (χ0) is 12.3. The molecule has 0 aromatic heterocycles. The van der Waals surface area contributed by atoms with Gasteiger partial charge < -0.3 is 10.0 Å². The number of aliphatic carboxylic acids is 1. The van der Waals surface area contributed by atoms with Crippen LogP contribution in [0.2, 0.25) is 0 Å². The summed E-state index contributed by atoms with van der Waals surface area (Å²) in [5.41, 5.74) is -0.127. The topological polar surface area (TPSA) is 40.5 Å². The van der Waals surface area contributed by atoms with Crippen LogP contribution in [0.25, 0.3) is 0 Å². The molecule has 0 aromatic carbocycles. The van der Waals surface area contributed by atoms with Gasteiger partial charge in [0.1, 0.15) is 0 Å². The van der Waals surface area contributed by atoms with Gasteiger partial charge in [0.15, 0.2) is 0 Å². The van der Waals surface area contributed by atoms with Crippen LogP contribution in [0, 0.1) is 11.8 Å². The Balaban J connectivity index is 2.97. The number of carbonyl (C=O) groups is 1. The van der Waals surface area contributed by atoms with Crippen LogP contribution in [0.5, 0.6) is 0 Å². The molecule has 0 heterocycles. The van der Waals surface area contributed by atoms with E-state index in [1.165, 1.54) is 12.8 Å². The van der Waals surface area contributed by atoms with Crippen molar-refractivity contribution >= 4 is 5.97 Å². The minimum atomic E-state index is -0.666. The summed E-state index contributed by atoms with van der Waals surface area (Å²) in [4.78, 5) is 13.3. The van der Waals surface area contributed by atoms with Crippen LogP contribution >= 0.6 is 0 Å². The Labute approximate surface area is 98.8 Å². The highest BCUT2D eigenvalue weighted by atomic mass is 16.4. The zero-order valence-electron chi connectivity index (χ0n) is 11.0. The Morgan fingerprint density at radius 3 is 2.50 bits per heavy atom. The molecule has 0 amide bonds. The van der Waals surface area contributed by atoms with Gasteiger partial charge in [-0.1, -0.05) is 26.7 Å². The fourth-order valence-electron chi connectivity index (χ4n) is 3.40. The van der Waals surface area contributed by atoms with Crippen molar-refractivity contribution in [2.45, 2.75) is 51.5 Å². The molecule has 0 aromatic rings. The minimum absolute atomic E-state index is 0.127. The third-order valence-electron chi connectivity index (χ3n) is 4.22. The van der Waals surface area contributed by atoms with Crippen molar-refractivity contribution in [3.05, 3.63) is 0 Å². The van der Waals surface area contributed by atoms with Crippen LogP contribution in [0.3, 0.4) is 0 Å². The van der Waals surface area contributed by atoms with Crippen molar-refractivity contribution in [3.63, 3.8) is 0 Å². The molecular weight excluding hydrogens is 202 g/mol. The van der Waals surface area contributed by atoms with Crippen molar-refractivity contribution in [2.75, 3.05) is 14.1 Å². The number of carboxylic acids is 1. The molecule has 1 aliphatic carbocycles. The van der Waals surface area contributed by atoms with Crippen molar-refractivity contribution in [1.82, 2.24) is 4.90 Å². The van der Waals surface area contributed by atoms with Crippen molar-refractivity contribution in [2.24, 2.45) is 11.8 Å². The molecule has 1 aliphatic rings. The Morgan fingerprint density at radius 1 is 1.44 bits per heavy atom. The Kier molecular flexibility index (Phi) is 4.36. The predicted octanol–water partition coefficient (Wildman–Crippen LogP) is 2.61. The SMILES string of the molecule is CC(C)C1CCCCC1(CC(=O)O)N(C)C. The van der Waals surface area contributed by atoms with Gasteiger partial charge in [0.25, 0.3) is 0 Å². The van der Waals surface area contributed by atoms with E-state index < -0.39 is 5.97 Å². The molecule has 16 heavy (non-hydrogen) atoms. The molecular formula is C13H25NO2. The van der Waals surface area contributed by atoms with Gasteiger partial charge in [-0.3, -0.25) is 4.79 Å². The summed E-state index contributed by atoms with van der Waals surface area (Å²) in [6.45, 7) is 4.44. The van der Waals surface area contributed by atoms with Crippen molar-refractivity contribution < 1.29 is 9.90 Å². The van der Waals surface area contributed by atoms with Crippen LogP contribution in [0.1, 0.15) is 46.0 Å². The number of nitrogens with zero attached hydrogens (tertiary/aromatic N) is 1. The van der Waals surface area contributed by atoms with E-state index in [2.05, 4.69) is 18.7 Å². The molecule has 3 nitrogen and oxygen atoms in total. The first-order valence-corrected chi connectivity index (χ1v) is 6.29. The first-order valence-electron chi connectivity index (χ1n) is 6.29. The van der Waals surface area contributed by atoms with Crippen LogP contribution in [-0.4, -0.2) is 35.6 Å². The highest BCUT2D eigenvalue weighted by molar-refractivity contribution is 5.68. The summed E-state index contributed by atoms with van der Waals surface area (Å²) >= 11 is 0. The van der Waals surface area contributed by atoms with E-state index >= 15 is 0 Å². The van der Waals surface area contributed by atoms with E-state index in [-0.39, 0.29) is 12.0 Å². The summed E-state index contributed by atoms with van der Waals surface area (Å²) < 4.78 is 0. The smallest absolute Gasteiger partial charge is 0.305 e. The molecule has 2 atom stereocenters. The Bertz CT molecular complexity index is 250. The Morgan fingerprint density at radius 2 is 2.06 bits per heavy atom. The maximum absolute atomic E-state index is 11.1. The molecule has 1 rings (SSSR count). The van der Waals surface area contributed by atoms with Gasteiger partial charge in [-0.2, -0.15) is 0 Å². The number of hydrogen-bond donors (Lipinski definition) is 1. The summed E-state index contributed by atoms with van der Waals surface area (Å²) in [5, 5.41) is 9.15. The van der Waals surface area contributed by atoms with E-state index in [4.69, 9.17) is 5.11 Å². The quantitative estimate of drug-likeness (QED) is 0.802. The molecule has 1 saturated carbocycles. The van der Waals surface area contributed by atoms with Crippen molar-refractivity contribution in [1.29, 1.82) is 0 Å². The second-order valence-electron chi connectivity index (χ2n) is 5.66. The minimum Gasteiger partial charge on any atom is -0.481 e. The van der Waals surface area contributed by atoms with Gasteiger partial charge >= 0.3 is 5.97 Å². The molecule has 1 N–H and O–H groups in total. The standard InChI is InChI=1S/C13H25NO2/c1-10(2)11-7-5-6-8-13(11,14(3)4)9-12(15)16/h10-11H,5-9H2,1-4H3,(H,15,16). The normalized spacial score (nSPS) is 31.0. The average Bonchev–Trinajstić information content (AvgIpc) is 2.16. The van der Waals surface area contributed by atoms with Crippen LogP contribution in [0.15, 0.2) is 0 Å². The summed E-state index contributed by atoms with van der Waals surface area (Å²) in [6.07, 6.45) is 4.88. The van der Waals surface area contributed by atoms with E-state index in [0.29, 0.717) is 11.8 Å². The molecule has 0 spiro atoms. The summed E-state index contributed by atoms with van der Waals surface area (Å²) in [7, 11) is 4.06. The lowest BCUT2D eigenvalue weighted by Gasteiger charge is -2.50. The van der Waals surface area contributed by atoms with E-state index in [1.54, 1.807) is 0 Å². The number of hydrogen-bond acceptors (Lipinski definition) is 2. The molecule has 0 bridgehead atoms. The van der Waals surface area contributed by atoms with E-state index in [9.17, 15) is 4.79 Å². The predicted molar refractivity (Wildman–Crippen MR) is 65.5 cm³/mol. The maximum atomic E-state index is 11.1. The summed E-state index contributed by atoms with van der Waals surface area (Å²) in [6, 6.07) is 0. The zero-order valence-corrected chi connectivity index (χ0v) is 11.0. The van der Waals surface area contributed by atoms with Gasteiger partial charge in [0.2, 0.25) is 0 Å². The number of rotatable bonds is 4. The van der Waals surface area contributed by atoms with Crippen LogP contribution in [-0.2, 0) is 4.79 Å². The first kappa shape index (κ1) is 13.5. The largest absolute Gasteiger partial charge is 0.481 e. The second-order valence-corrected chi connectivity index (χ2v) is 5.66. The van der Waals surface area contributed by atoms with Gasteiger partial charge in [-0.25, -0.2) is 0 Å². The fraction of sp³-hybridized carbons (Fsp3) is 0.923. The van der Waals surface area contributed by atoms with Gasteiger partial charge in [0.05, 0.1) is 6.42 Å². The average molecular weight is 227 g/mol. The molecule has 3 heteroatoms. The van der Waals surface area contributed by atoms with Gasteiger partial charge in [-0.15, -0.1) is 0 Å². The van der Waals surface area contributed by atoms with E-state index in [1.807, 2.05) is 14.1 Å². The van der Waals surface area contributed by atoms with Gasteiger partial charge in [0, 0.05) is 5.54 Å². The first-order chi connectivity index (χ1) is 7.40. The monoisotopic (exact) mass is 227 g/mol. The molecule has 0 radical (unpaired) electrons. The lowest BCUT2D eigenvalue weighted by Crippen LogP contribution is -2.55. The lowest BCUT2D eigenvalue weighted by atomic mass is 9.65. The van der Waals surface area contributed by atoms with Crippen LogP contribution in [0.4, 0.5) is 0 Å². The second kappa shape index (κ2) is 5.17. The third kappa shape index (κ3) is 2.57. The van der Waals surface area contributed by atoms with Crippen molar-refractivity contribution in [3.8, 4) is 0 Å². The molecule has 94 valence electrons. The molecule has 2 unspecified atom stereocenters. The highest BCUT2D eigenvalue weighted by Gasteiger charge is 2.45. The van der Waals surface area contributed by atoms with Gasteiger partial charge in [-0.05, 0) is 38.8 Å². The summed E-state index contributed by atoms with van der Waals surface area (Å²) in [5.74, 6) is 0.399.